The van der Waals surface area contributed by atoms with Crippen LogP contribution in [0.2, 0.25) is 0 Å². The van der Waals surface area contributed by atoms with Crippen molar-refractivity contribution in [3.63, 3.8) is 0 Å². The van der Waals surface area contributed by atoms with Gasteiger partial charge in [0.1, 0.15) is 0 Å². The summed E-state index contributed by atoms with van der Waals surface area (Å²) in [5.74, 6) is 2.21. The van der Waals surface area contributed by atoms with Crippen LogP contribution in [-0.4, -0.2) is 15.6 Å². The third kappa shape index (κ3) is 2.08. The Hall–Kier alpha value is 0.700. The molecule has 0 saturated carbocycles. The first-order chi connectivity index (χ1) is 4.20. The Bertz CT molecular complexity index is 90.9. The summed E-state index contributed by atoms with van der Waals surface area (Å²) in [6, 6.07) is 0. The van der Waals surface area contributed by atoms with Gasteiger partial charge in [-0.05, 0) is 5.92 Å². The molecule has 1 fully saturated rings. The van der Waals surface area contributed by atoms with E-state index in [-0.39, 0.29) is 0 Å². The summed E-state index contributed by atoms with van der Waals surface area (Å²) in [4.78, 5) is 0. The predicted molar refractivity (Wildman–Crippen MR) is 48.1 cm³/mol. The number of hydrogen-bond acceptors (Lipinski definition) is 2. The smallest absolute Gasteiger partial charge is 0.0528 e. The minimum Gasteiger partial charge on any atom is -0.146 e. The Morgan fingerprint density at radius 1 is 1.44 bits per heavy atom. The van der Waals surface area contributed by atoms with E-state index in [9.17, 15) is 0 Å². The van der Waals surface area contributed by atoms with Crippen molar-refractivity contribution in [2.24, 2.45) is 5.92 Å². The second-order valence-electron chi connectivity index (χ2n) is 2.89. The average molecular weight is 162 g/mol. The minimum absolute atomic E-state index is 0.852. The van der Waals surface area contributed by atoms with Crippen LogP contribution < -0.4 is 0 Å². The molecule has 0 aliphatic carbocycles. The lowest BCUT2D eigenvalue weighted by molar-refractivity contribution is 0.723. The topological polar surface area (TPSA) is 0 Å². The number of thioether (sulfide) groups is 2. The average Bonchev–Trinajstić information content (AvgIpc) is 2.14. The van der Waals surface area contributed by atoms with E-state index in [0.29, 0.717) is 0 Å². The fourth-order valence-corrected chi connectivity index (χ4v) is 4.17. The first-order valence-electron chi connectivity index (χ1n) is 3.47. The van der Waals surface area contributed by atoms with Crippen molar-refractivity contribution in [1.29, 1.82) is 0 Å². The lowest BCUT2D eigenvalue weighted by Gasteiger charge is -2.11. The van der Waals surface area contributed by atoms with Crippen LogP contribution in [0.25, 0.3) is 0 Å². The molecule has 0 nitrogen and oxygen atoms in total. The largest absolute Gasteiger partial charge is 0.146 e. The van der Waals surface area contributed by atoms with E-state index in [2.05, 4.69) is 44.3 Å². The molecule has 1 rings (SSSR count). The Labute approximate surface area is 66.2 Å². The molecule has 0 aromatic rings. The maximum absolute atomic E-state index is 2.32. The molecule has 0 amide bonds. The van der Waals surface area contributed by atoms with Gasteiger partial charge >= 0.3 is 0 Å². The van der Waals surface area contributed by atoms with E-state index in [1.807, 2.05) is 0 Å². The first-order valence-corrected chi connectivity index (χ1v) is 5.46. The Kier molecular flexibility index (Phi) is 2.77. The summed E-state index contributed by atoms with van der Waals surface area (Å²) in [5, 5.41) is 0.891. The molecule has 1 saturated heterocycles. The molecule has 2 atom stereocenters. The van der Waals surface area contributed by atoms with Gasteiger partial charge in [0, 0.05) is 11.0 Å². The van der Waals surface area contributed by atoms with Gasteiger partial charge in [0.05, 0.1) is 4.58 Å². The van der Waals surface area contributed by atoms with Gasteiger partial charge in [-0.15, -0.1) is 23.5 Å². The van der Waals surface area contributed by atoms with Crippen LogP contribution in [0.1, 0.15) is 20.8 Å². The summed E-state index contributed by atoms with van der Waals surface area (Å²) < 4.78 is 0.875. The Balaban J connectivity index is 2.30. The molecular weight excluding hydrogens is 148 g/mol. The van der Waals surface area contributed by atoms with Gasteiger partial charge in [-0.3, -0.25) is 0 Å². The second kappa shape index (κ2) is 3.20. The normalized spacial score (nSPS) is 36.0. The Morgan fingerprint density at radius 2 is 2.11 bits per heavy atom. The van der Waals surface area contributed by atoms with Gasteiger partial charge in [-0.25, -0.2) is 0 Å². The zero-order chi connectivity index (χ0) is 6.85. The molecule has 1 aliphatic rings. The number of hydrogen-bond donors (Lipinski definition) is 0. The van der Waals surface area contributed by atoms with Crippen molar-refractivity contribution in [3.8, 4) is 0 Å². The van der Waals surface area contributed by atoms with E-state index >= 15 is 0 Å². The monoisotopic (exact) mass is 162 g/mol. The first kappa shape index (κ1) is 7.80. The van der Waals surface area contributed by atoms with Crippen molar-refractivity contribution < 1.29 is 0 Å². The van der Waals surface area contributed by atoms with Crippen molar-refractivity contribution in [3.05, 3.63) is 0 Å². The zero-order valence-electron chi connectivity index (χ0n) is 6.26. The van der Waals surface area contributed by atoms with Crippen molar-refractivity contribution in [1.82, 2.24) is 0 Å². The molecule has 54 valence electrons. The summed E-state index contributed by atoms with van der Waals surface area (Å²) in [7, 11) is 0. The molecule has 0 aromatic carbocycles. The zero-order valence-corrected chi connectivity index (χ0v) is 7.89. The lowest BCUT2D eigenvalue weighted by Crippen LogP contribution is -2.02. The van der Waals surface area contributed by atoms with Crippen molar-refractivity contribution in [2.45, 2.75) is 30.6 Å². The maximum atomic E-state index is 2.32. The molecule has 2 heteroatoms. The molecule has 0 N–H and O–H groups in total. The molecule has 0 unspecified atom stereocenters. The van der Waals surface area contributed by atoms with Crippen LogP contribution >= 0.6 is 23.5 Å². The summed E-state index contributed by atoms with van der Waals surface area (Å²) in [5.41, 5.74) is 0. The lowest BCUT2D eigenvalue weighted by atomic mass is 10.3. The third-order valence-electron chi connectivity index (χ3n) is 1.41. The second-order valence-corrected chi connectivity index (χ2v) is 5.95. The fraction of sp³-hybridized carbons (Fsp3) is 1.00. The highest BCUT2D eigenvalue weighted by molar-refractivity contribution is 8.20. The van der Waals surface area contributed by atoms with Gasteiger partial charge in [0.25, 0.3) is 0 Å². The van der Waals surface area contributed by atoms with Crippen LogP contribution in [0.15, 0.2) is 0 Å². The highest BCUT2D eigenvalue weighted by Gasteiger charge is 2.24. The van der Waals surface area contributed by atoms with E-state index in [1.165, 1.54) is 5.75 Å². The maximum Gasteiger partial charge on any atom is 0.0528 e. The van der Waals surface area contributed by atoms with E-state index in [0.717, 1.165) is 15.7 Å². The quantitative estimate of drug-likeness (QED) is 0.581. The highest BCUT2D eigenvalue weighted by Crippen LogP contribution is 2.41. The van der Waals surface area contributed by atoms with Gasteiger partial charge in [-0.2, -0.15) is 0 Å². The number of rotatable bonds is 1. The molecule has 9 heavy (non-hydrogen) atoms. The van der Waals surface area contributed by atoms with Gasteiger partial charge in [-0.1, -0.05) is 20.8 Å². The summed E-state index contributed by atoms with van der Waals surface area (Å²) in [6.07, 6.45) is 0. The molecule has 0 aromatic heterocycles. The fourth-order valence-electron chi connectivity index (χ4n) is 0.887. The molecule has 1 aliphatic heterocycles. The predicted octanol–water partition coefficient (Wildman–Crippen LogP) is 2.84. The van der Waals surface area contributed by atoms with Gasteiger partial charge in [0.15, 0.2) is 0 Å². The van der Waals surface area contributed by atoms with E-state index in [1.54, 1.807) is 0 Å². The van der Waals surface area contributed by atoms with Crippen LogP contribution in [0, 0.1) is 5.92 Å². The van der Waals surface area contributed by atoms with Crippen molar-refractivity contribution >= 4 is 23.5 Å². The molecule has 1 heterocycles. The van der Waals surface area contributed by atoms with Crippen molar-refractivity contribution in [2.75, 3.05) is 5.75 Å². The molecule has 0 radical (unpaired) electrons. The third-order valence-corrected chi connectivity index (χ3v) is 5.37. The van der Waals surface area contributed by atoms with Gasteiger partial charge in [0.2, 0.25) is 0 Å². The summed E-state index contributed by atoms with van der Waals surface area (Å²) in [6.45, 7) is 6.94. The van der Waals surface area contributed by atoms with E-state index in [4.69, 9.17) is 0 Å². The molecule has 0 bridgehead atoms. The van der Waals surface area contributed by atoms with Gasteiger partial charge < -0.3 is 0 Å². The van der Waals surface area contributed by atoms with E-state index < -0.39 is 0 Å². The van der Waals surface area contributed by atoms with Crippen LogP contribution in [-0.2, 0) is 0 Å². The minimum atomic E-state index is 0.852. The van der Waals surface area contributed by atoms with Crippen LogP contribution in [0.5, 0.6) is 0 Å². The SMILES string of the molecule is CC(C)[C@H]1SC[C@@H](C)S1. The standard InChI is InChI=1S/C7H14S2/c1-5(2)7-8-4-6(3)9-7/h5-7H,4H2,1-3H3/t6-,7+/m1/s1. The Morgan fingerprint density at radius 3 is 2.33 bits per heavy atom. The van der Waals surface area contributed by atoms with Crippen LogP contribution in [0.4, 0.5) is 0 Å². The molecule has 0 spiro atoms. The van der Waals surface area contributed by atoms with Crippen LogP contribution in [0.3, 0.4) is 0 Å². The summed E-state index contributed by atoms with van der Waals surface area (Å²) >= 11 is 4.26. The molecular formula is C7H14S2. The highest BCUT2D eigenvalue weighted by atomic mass is 32.2.